The number of amidine groups is 1. The molecule has 0 aliphatic rings. The third-order valence-corrected chi connectivity index (χ3v) is 11.2. The first-order chi connectivity index (χ1) is 14.5. The lowest BCUT2D eigenvalue weighted by Crippen LogP contribution is -2.38. The molecule has 3 rings (SSSR count). The minimum atomic E-state index is -4.57. The highest BCUT2D eigenvalue weighted by molar-refractivity contribution is 8.10. The van der Waals surface area contributed by atoms with Crippen LogP contribution in [0.5, 0.6) is 0 Å². The highest BCUT2D eigenvalue weighted by Crippen LogP contribution is 2.41. The second kappa shape index (κ2) is 8.65. The van der Waals surface area contributed by atoms with E-state index in [1.165, 1.54) is 42.1 Å². The molecule has 3 N–H and O–H groups in total. The van der Waals surface area contributed by atoms with E-state index in [0.29, 0.717) is 19.0 Å². The van der Waals surface area contributed by atoms with Gasteiger partial charge < -0.3 is 5.73 Å². The number of nitrogens with two attached hydrogens (primary N) is 1. The largest absolute Gasteiger partial charge is 0.383 e. The van der Waals surface area contributed by atoms with E-state index >= 15 is 0 Å². The minimum absolute atomic E-state index is 0.0682. The fraction of sp³-hybridized carbons (Fsp3) is 0.150. The van der Waals surface area contributed by atoms with Crippen molar-refractivity contribution in [1.29, 1.82) is 5.41 Å². The minimum Gasteiger partial charge on any atom is -0.383 e. The van der Waals surface area contributed by atoms with Crippen LogP contribution >= 0.6 is 23.1 Å². The summed E-state index contributed by atoms with van der Waals surface area (Å²) in [5.41, 5.74) is 6.35. The highest BCUT2D eigenvalue weighted by atomic mass is 32.3. The van der Waals surface area contributed by atoms with Crippen molar-refractivity contribution in [3.63, 3.8) is 0 Å². The predicted octanol–water partition coefficient (Wildman–Crippen LogP) is 3.96. The van der Waals surface area contributed by atoms with E-state index < -0.39 is 25.9 Å². The number of anilines is 1. The summed E-state index contributed by atoms with van der Waals surface area (Å²) in [4.78, 5) is -0.212. The molecule has 0 atom stereocenters. The second-order valence-corrected chi connectivity index (χ2v) is 12.5. The van der Waals surface area contributed by atoms with Gasteiger partial charge in [0.1, 0.15) is 5.84 Å². The van der Waals surface area contributed by atoms with Gasteiger partial charge in [-0.05, 0) is 49.4 Å². The zero-order valence-corrected chi connectivity index (χ0v) is 20.3. The van der Waals surface area contributed by atoms with Crippen LogP contribution in [0.4, 0.5) is 5.69 Å². The molecule has 0 aliphatic heterocycles. The molecular weight excluding hydrogens is 475 g/mol. The smallest absolute Gasteiger partial charge is 0.277 e. The quantitative estimate of drug-likeness (QED) is 0.291. The number of hydrogen-bond acceptors (Lipinski definition) is 7. The maximum absolute atomic E-state index is 13.8. The van der Waals surface area contributed by atoms with Crippen molar-refractivity contribution in [2.45, 2.75) is 27.8 Å². The molecule has 1 aromatic heterocycles. The summed E-state index contributed by atoms with van der Waals surface area (Å²) >= 11 is 2.38. The van der Waals surface area contributed by atoms with Gasteiger partial charge in [0.15, 0.2) is 0 Å². The van der Waals surface area contributed by atoms with Crippen LogP contribution in [0.1, 0.15) is 16.0 Å². The molecule has 0 unspecified atom stereocenters. The third-order valence-electron chi connectivity index (χ3n) is 4.51. The molecule has 3 aromatic rings. The fourth-order valence-electron chi connectivity index (χ4n) is 3.05. The van der Waals surface area contributed by atoms with Gasteiger partial charge in [-0.1, -0.05) is 36.4 Å². The number of thiophene rings is 1. The van der Waals surface area contributed by atoms with Gasteiger partial charge in [0.05, 0.1) is 24.6 Å². The third kappa shape index (κ3) is 4.22. The molecule has 0 amide bonds. The van der Waals surface area contributed by atoms with Crippen LogP contribution in [0.25, 0.3) is 0 Å². The van der Waals surface area contributed by atoms with Gasteiger partial charge in [-0.25, -0.2) is 0 Å². The fourth-order valence-corrected chi connectivity index (χ4v) is 8.84. The number of nitrogens with one attached hydrogen (secondary N) is 1. The van der Waals surface area contributed by atoms with Crippen LogP contribution in [-0.4, -0.2) is 28.9 Å². The van der Waals surface area contributed by atoms with Crippen molar-refractivity contribution in [2.75, 3.05) is 9.97 Å². The van der Waals surface area contributed by atoms with E-state index in [1.807, 2.05) is 0 Å². The molecule has 164 valence electrons. The normalized spacial score (nSPS) is 12.0. The molecule has 7 nitrogen and oxygen atoms in total. The summed E-state index contributed by atoms with van der Waals surface area (Å²) in [6.07, 6.45) is 1.77. The molecule has 2 aromatic carbocycles. The lowest BCUT2D eigenvalue weighted by Gasteiger charge is -2.25. The molecule has 0 spiro atoms. The molecular formula is C20H21N3O4S4. The van der Waals surface area contributed by atoms with Crippen LogP contribution in [-0.2, 0) is 20.0 Å². The molecule has 0 aliphatic carbocycles. The Morgan fingerprint density at radius 3 is 1.77 bits per heavy atom. The van der Waals surface area contributed by atoms with Gasteiger partial charge in [0.25, 0.3) is 20.0 Å². The molecule has 0 bridgehead atoms. The first-order valence-electron chi connectivity index (χ1n) is 8.96. The zero-order chi connectivity index (χ0) is 23.0. The highest BCUT2D eigenvalue weighted by Gasteiger charge is 2.40. The lowest BCUT2D eigenvalue weighted by atomic mass is 10.2. The number of thioether (sulfide) groups is 1. The Labute approximate surface area is 190 Å². The van der Waals surface area contributed by atoms with Crippen molar-refractivity contribution < 1.29 is 16.8 Å². The van der Waals surface area contributed by atoms with E-state index in [0.717, 1.165) is 11.3 Å². The van der Waals surface area contributed by atoms with Gasteiger partial charge in [-0.3, -0.25) is 5.41 Å². The van der Waals surface area contributed by atoms with Gasteiger partial charge in [-0.2, -0.15) is 20.5 Å². The van der Waals surface area contributed by atoms with Gasteiger partial charge in [0, 0.05) is 0 Å². The molecule has 0 saturated carbocycles. The monoisotopic (exact) mass is 495 g/mol. The van der Waals surface area contributed by atoms with E-state index in [2.05, 4.69) is 0 Å². The average molecular weight is 496 g/mol. The standard InChI is InChI=1S/C20H21N3O4S4/c1-13-8-4-6-10-16(13)30(24,25)23(15-12-18(28-3)29-19(15)20(21)22)31(26,27)17-11-7-5-9-14(17)2/h4-12H,1-3H3,(H3,21,22). The Kier molecular flexibility index (Phi) is 6.51. The van der Waals surface area contributed by atoms with Crippen LogP contribution in [0, 0.1) is 19.3 Å². The van der Waals surface area contributed by atoms with Gasteiger partial charge in [-0.15, -0.1) is 23.1 Å². The summed E-state index contributed by atoms with van der Waals surface area (Å²) in [6, 6.07) is 13.8. The zero-order valence-electron chi connectivity index (χ0n) is 17.0. The Bertz CT molecular complexity index is 1290. The van der Waals surface area contributed by atoms with E-state index in [-0.39, 0.29) is 20.4 Å². The first-order valence-corrected chi connectivity index (χ1v) is 13.9. The average Bonchev–Trinajstić information content (AvgIpc) is 3.12. The summed E-state index contributed by atoms with van der Waals surface area (Å²) in [5.74, 6) is -0.412. The maximum Gasteiger partial charge on any atom is 0.277 e. The summed E-state index contributed by atoms with van der Waals surface area (Å²) in [7, 11) is -9.14. The Hall–Kier alpha value is -2.34. The summed E-state index contributed by atoms with van der Waals surface area (Å²) in [6.45, 7) is 3.19. The number of nitrogen functional groups attached to an aromatic ring is 1. The Balaban J connectivity index is 2.42. The van der Waals surface area contributed by atoms with Crippen LogP contribution in [0.2, 0.25) is 0 Å². The molecule has 11 heteroatoms. The Morgan fingerprint density at radius 1 is 0.935 bits per heavy atom. The second-order valence-electron chi connectivity index (χ2n) is 6.64. The van der Waals surface area contributed by atoms with Crippen molar-refractivity contribution >= 4 is 54.7 Å². The summed E-state index contributed by atoms with van der Waals surface area (Å²) in [5, 5.41) is 7.92. The number of nitrogens with zero attached hydrogens (tertiary/aromatic N) is 1. The number of benzene rings is 2. The van der Waals surface area contributed by atoms with Crippen molar-refractivity contribution in [1.82, 2.24) is 0 Å². The SMILES string of the molecule is CSc1cc(N(S(=O)(=O)c2ccccc2C)S(=O)(=O)c2ccccc2C)c(C(=N)N)s1. The number of aryl methyl sites for hydroxylation is 2. The van der Waals surface area contributed by atoms with E-state index in [9.17, 15) is 16.8 Å². The van der Waals surface area contributed by atoms with Crippen LogP contribution in [0.3, 0.4) is 0 Å². The molecule has 0 saturated heterocycles. The van der Waals surface area contributed by atoms with Gasteiger partial charge in [0.2, 0.25) is 0 Å². The molecule has 1 heterocycles. The van der Waals surface area contributed by atoms with Crippen molar-refractivity contribution in [2.24, 2.45) is 5.73 Å². The molecule has 0 fully saturated rings. The first kappa shape index (κ1) is 23.3. The van der Waals surface area contributed by atoms with Crippen molar-refractivity contribution in [3.8, 4) is 0 Å². The number of sulfonamides is 2. The maximum atomic E-state index is 13.8. The summed E-state index contributed by atoms with van der Waals surface area (Å²) < 4.78 is 56.2. The molecule has 31 heavy (non-hydrogen) atoms. The Morgan fingerprint density at radius 2 is 1.39 bits per heavy atom. The van der Waals surface area contributed by atoms with E-state index in [1.54, 1.807) is 44.4 Å². The van der Waals surface area contributed by atoms with Crippen LogP contribution < -0.4 is 9.44 Å². The van der Waals surface area contributed by atoms with Crippen molar-refractivity contribution in [3.05, 3.63) is 70.6 Å². The van der Waals surface area contributed by atoms with E-state index in [4.69, 9.17) is 11.1 Å². The topological polar surface area (TPSA) is 121 Å². The lowest BCUT2D eigenvalue weighted by molar-refractivity contribution is 0.583. The van der Waals surface area contributed by atoms with Crippen LogP contribution in [0.15, 0.2) is 68.6 Å². The molecule has 0 radical (unpaired) electrons. The predicted molar refractivity (Wildman–Crippen MR) is 126 cm³/mol. The number of hydrogen-bond donors (Lipinski definition) is 2. The number of rotatable bonds is 7. The van der Waals surface area contributed by atoms with Gasteiger partial charge >= 0.3 is 0 Å².